The van der Waals surface area contributed by atoms with Crippen LogP contribution >= 0.6 is 0 Å². The number of carbonyl (C=O) groups is 1. The van der Waals surface area contributed by atoms with E-state index >= 15 is 0 Å². The summed E-state index contributed by atoms with van der Waals surface area (Å²) in [6.07, 6.45) is 2.01. The fourth-order valence-corrected chi connectivity index (χ4v) is 3.25. The summed E-state index contributed by atoms with van der Waals surface area (Å²) in [5.74, 6) is 0.273. The number of rotatable bonds is 6. The molecular formula is C22H20N2O4. The maximum absolute atomic E-state index is 12.1. The van der Waals surface area contributed by atoms with Gasteiger partial charge in [0.1, 0.15) is 11.3 Å². The van der Waals surface area contributed by atoms with Gasteiger partial charge < -0.3 is 19.0 Å². The van der Waals surface area contributed by atoms with Gasteiger partial charge in [-0.3, -0.25) is 4.79 Å². The Hall–Kier alpha value is -3.54. The van der Waals surface area contributed by atoms with Gasteiger partial charge in [-0.2, -0.15) is 0 Å². The maximum atomic E-state index is 12.1. The molecule has 2 aromatic carbocycles. The van der Waals surface area contributed by atoms with E-state index in [1.54, 1.807) is 12.1 Å². The van der Waals surface area contributed by atoms with Crippen molar-refractivity contribution in [3.8, 4) is 5.75 Å². The Morgan fingerprint density at radius 2 is 2.00 bits per heavy atom. The zero-order chi connectivity index (χ0) is 19.5. The Morgan fingerprint density at radius 3 is 2.89 bits per heavy atom. The molecule has 142 valence electrons. The molecule has 0 saturated carbocycles. The van der Waals surface area contributed by atoms with E-state index in [2.05, 4.69) is 28.1 Å². The molecule has 2 heterocycles. The minimum Gasteiger partial charge on any atom is -0.484 e. The first-order chi connectivity index (χ1) is 13.6. The highest BCUT2D eigenvalue weighted by Gasteiger charge is 2.07. The third-order valence-corrected chi connectivity index (χ3v) is 4.65. The van der Waals surface area contributed by atoms with Gasteiger partial charge in [-0.05, 0) is 42.1 Å². The number of nitrogens with one attached hydrogen (secondary N) is 1. The second-order valence-electron chi connectivity index (χ2n) is 6.61. The lowest BCUT2D eigenvalue weighted by Crippen LogP contribution is -2.31. The summed E-state index contributed by atoms with van der Waals surface area (Å²) in [6, 6.07) is 16.8. The van der Waals surface area contributed by atoms with E-state index in [0.717, 1.165) is 16.5 Å². The van der Waals surface area contributed by atoms with Crippen molar-refractivity contribution in [1.29, 1.82) is 0 Å². The third kappa shape index (κ3) is 3.76. The van der Waals surface area contributed by atoms with Crippen molar-refractivity contribution in [1.82, 2.24) is 9.88 Å². The van der Waals surface area contributed by atoms with Crippen molar-refractivity contribution in [2.24, 2.45) is 0 Å². The lowest BCUT2D eigenvalue weighted by Gasteiger charge is -2.09. The molecule has 0 bridgehead atoms. The van der Waals surface area contributed by atoms with Gasteiger partial charge in [0.2, 0.25) is 0 Å². The molecule has 0 aliphatic carbocycles. The summed E-state index contributed by atoms with van der Waals surface area (Å²) in [4.78, 5) is 23.6. The minimum atomic E-state index is -0.405. The average Bonchev–Trinajstić information content (AvgIpc) is 3.09. The third-order valence-electron chi connectivity index (χ3n) is 4.65. The zero-order valence-corrected chi connectivity index (χ0v) is 15.5. The molecule has 1 amide bonds. The van der Waals surface area contributed by atoms with Crippen molar-refractivity contribution in [2.75, 3.05) is 13.2 Å². The first-order valence-electron chi connectivity index (χ1n) is 9.08. The quantitative estimate of drug-likeness (QED) is 0.524. The van der Waals surface area contributed by atoms with E-state index < -0.39 is 5.63 Å². The maximum Gasteiger partial charge on any atom is 0.336 e. The molecular weight excluding hydrogens is 356 g/mol. The molecule has 0 spiro atoms. The number of aromatic nitrogens is 1. The van der Waals surface area contributed by atoms with E-state index in [-0.39, 0.29) is 12.5 Å². The highest BCUT2D eigenvalue weighted by molar-refractivity contribution is 5.82. The van der Waals surface area contributed by atoms with Crippen molar-refractivity contribution >= 4 is 27.8 Å². The molecule has 2 aromatic heterocycles. The number of aryl methyl sites for hydroxylation is 1. The molecule has 0 unspecified atom stereocenters. The van der Waals surface area contributed by atoms with Crippen LogP contribution in [-0.4, -0.2) is 23.6 Å². The SMILES string of the molecule is Cc1cc(=O)oc2cc(OCC(=O)NCCn3ccc4ccccc43)ccc12. The Bertz CT molecular complexity index is 1210. The summed E-state index contributed by atoms with van der Waals surface area (Å²) in [5.41, 5.74) is 2.02. The van der Waals surface area contributed by atoms with Crippen LogP contribution in [0.3, 0.4) is 0 Å². The summed E-state index contributed by atoms with van der Waals surface area (Å²) in [5, 5.41) is 4.87. The molecule has 0 radical (unpaired) electrons. The molecule has 6 heteroatoms. The molecule has 4 rings (SSSR count). The number of amides is 1. The molecule has 0 atom stereocenters. The fourth-order valence-electron chi connectivity index (χ4n) is 3.25. The fraction of sp³-hybridized carbons (Fsp3) is 0.182. The summed E-state index contributed by atoms with van der Waals surface area (Å²) in [7, 11) is 0. The van der Waals surface area contributed by atoms with E-state index in [1.165, 1.54) is 11.5 Å². The Morgan fingerprint density at radius 1 is 1.14 bits per heavy atom. The standard InChI is InChI=1S/C22H20N2O4/c1-15-12-22(26)28-20-13-17(6-7-18(15)20)27-14-21(25)23-9-11-24-10-8-16-4-2-3-5-19(16)24/h2-8,10,12-13H,9,11,14H2,1H3,(H,23,25). The number of hydrogen-bond acceptors (Lipinski definition) is 4. The van der Waals surface area contributed by atoms with Gasteiger partial charge in [0.15, 0.2) is 6.61 Å². The van der Waals surface area contributed by atoms with Gasteiger partial charge >= 0.3 is 5.63 Å². The van der Waals surface area contributed by atoms with E-state index in [9.17, 15) is 9.59 Å². The highest BCUT2D eigenvalue weighted by atomic mass is 16.5. The van der Waals surface area contributed by atoms with Gasteiger partial charge in [0.25, 0.3) is 5.91 Å². The van der Waals surface area contributed by atoms with Gasteiger partial charge in [0, 0.05) is 42.3 Å². The normalized spacial score (nSPS) is 11.0. The number of carbonyl (C=O) groups excluding carboxylic acids is 1. The Kier molecular flexibility index (Phi) is 4.85. The number of ether oxygens (including phenoxy) is 1. The summed E-state index contributed by atoms with van der Waals surface area (Å²) >= 11 is 0. The smallest absolute Gasteiger partial charge is 0.336 e. The Labute approximate surface area is 161 Å². The largest absolute Gasteiger partial charge is 0.484 e. The van der Waals surface area contributed by atoms with Crippen molar-refractivity contribution in [2.45, 2.75) is 13.5 Å². The summed E-state index contributed by atoms with van der Waals surface area (Å²) < 4.78 is 12.8. The number of para-hydroxylation sites is 1. The molecule has 0 saturated heterocycles. The van der Waals surface area contributed by atoms with Crippen molar-refractivity contribution in [3.63, 3.8) is 0 Å². The van der Waals surface area contributed by atoms with Gasteiger partial charge in [0.05, 0.1) is 0 Å². The van der Waals surface area contributed by atoms with E-state index in [0.29, 0.717) is 24.4 Å². The van der Waals surface area contributed by atoms with Crippen LogP contribution in [0, 0.1) is 6.92 Å². The number of benzene rings is 2. The molecule has 6 nitrogen and oxygen atoms in total. The Balaban J connectivity index is 1.32. The number of nitrogens with zero attached hydrogens (tertiary/aromatic N) is 1. The van der Waals surface area contributed by atoms with Crippen LogP contribution in [0.4, 0.5) is 0 Å². The molecule has 0 aliphatic heterocycles. The van der Waals surface area contributed by atoms with Crippen LogP contribution in [-0.2, 0) is 11.3 Å². The van der Waals surface area contributed by atoms with Crippen molar-refractivity contribution < 1.29 is 13.9 Å². The van der Waals surface area contributed by atoms with E-state index in [4.69, 9.17) is 9.15 Å². The minimum absolute atomic E-state index is 0.103. The lowest BCUT2D eigenvalue weighted by atomic mass is 10.1. The molecule has 0 aliphatic rings. The molecule has 28 heavy (non-hydrogen) atoms. The molecule has 0 fully saturated rings. The number of hydrogen-bond donors (Lipinski definition) is 1. The van der Waals surface area contributed by atoms with Gasteiger partial charge in [-0.1, -0.05) is 18.2 Å². The van der Waals surface area contributed by atoms with Crippen LogP contribution in [0.2, 0.25) is 0 Å². The van der Waals surface area contributed by atoms with Crippen LogP contribution in [0.5, 0.6) is 5.75 Å². The van der Waals surface area contributed by atoms with Crippen LogP contribution < -0.4 is 15.7 Å². The number of fused-ring (bicyclic) bond motifs is 2. The first-order valence-corrected chi connectivity index (χ1v) is 9.08. The predicted octanol–water partition coefficient (Wildman–Crippen LogP) is 3.25. The predicted molar refractivity (Wildman–Crippen MR) is 108 cm³/mol. The average molecular weight is 376 g/mol. The first kappa shape index (κ1) is 17.9. The molecule has 4 aromatic rings. The van der Waals surface area contributed by atoms with Crippen LogP contribution in [0.25, 0.3) is 21.9 Å². The summed E-state index contributed by atoms with van der Waals surface area (Å²) in [6.45, 7) is 2.93. The zero-order valence-electron chi connectivity index (χ0n) is 15.5. The second kappa shape index (κ2) is 7.60. The van der Waals surface area contributed by atoms with Crippen LogP contribution in [0.15, 0.2) is 70.0 Å². The van der Waals surface area contributed by atoms with Gasteiger partial charge in [-0.15, -0.1) is 0 Å². The van der Waals surface area contributed by atoms with Gasteiger partial charge in [-0.25, -0.2) is 4.79 Å². The second-order valence-corrected chi connectivity index (χ2v) is 6.61. The van der Waals surface area contributed by atoms with Crippen LogP contribution in [0.1, 0.15) is 5.56 Å². The monoisotopic (exact) mass is 376 g/mol. The molecule has 1 N–H and O–H groups in total. The highest BCUT2D eigenvalue weighted by Crippen LogP contribution is 2.22. The van der Waals surface area contributed by atoms with Crippen molar-refractivity contribution in [3.05, 3.63) is 76.8 Å². The topological polar surface area (TPSA) is 73.5 Å². The lowest BCUT2D eigenvalue weighted by molar-refractivity contribution is -0.123. The van der Waals surface area contributed by atoms with E-state index in [1.807, 2.05) is 31.3 Å².